The van der Waals surface area contributed by atoms with E-state index in [1.54, 1.807) is 0 Å². The molecule has 0 fully saturated rings. The second-order valence-corrected chi connectivity index (χ2v) is 6.01. The number of para-hydroxylation sites is 1. The number of hydrogen-bond acceptors (Lipinski definition) is 2. The molecule has 1 unspecified atom stereocenters. The summed E-state index contributed by atoms with van der Waals surface area (Å²) in [7, 11) is 0. The van der Waals surface area contributed by atoms with Gasteiger partial charge in [0.05, 0.1) is 11.0 Å². The number of aryl methyl sites for hydroxylation is 2. The Labute approximate surface area is 124 Å². The maximum absolute atomic E-state index is 4.82. The van der Waals surface area contributed by atoms with Crippen LogP contribution in [0.15, 0.2) is 36.4 Å². The van der Waals surface area contributed by atoms with Crippen molar-refractivity contribution in [2.45, 2.75) is 26.2 Å². The summed E-state index contributed by atoms with van der Waals surface area (Å²) in [5, 5.41) is 3.52. The average molecular weight is 277 g/mol. The number of aromatic nitrogens is 2. The van der Waals surface area contributed by atoms with Crippen LogP contribution in [-0.4, -0.2) is 16.5 Å². The summed E-state index contributed by atoms with van der Waals surface area (Å²) in [5.74, 6) is 1.50. The fourth-order valence-electron chi connectivity index (χ4n) is 3.12. The van der Waals surface area contributed by atoms with E-state index in [4.69, 9.17) is 4.98 Å². The summed E-state index contributed by atoms with van der Waals surface area (Å²) in [6.07, 6.45) is 1.04. The second-order valence-electron chi connectivity index (χ2n) is 6.01. The fraction of sp³-hybridized carbons (Fsp3) is 0.278. The van der Waals surface area contributed by atoms with Gasteiger partial charge in [0, 0.05) is 18.2 Å². The summed E-state index contributed by atoms with van der Waals surface area (Å²) in [4.78, 5) is 8.33. The molecule has 0 saturated heterocycles. The van der Waals surface area contributed by atoms with Crippen LogP contribution in [0.1, 0.15) is 28.4 Å². The van der Waals surface area contributed by atoms with E-state index >= 15 is 0 Å². The van der Waals surface area contributed by atoms with Gasteiger partial charge in [0.1, 0.15) is 5.82 Å². The lowest BCUT2D eigenvalue weighted by molar-refractivity contribution is 0.659. The summed E-state index contributed by atoms with van der Waals surface area (Å²) in [6, 6.07) is 12.9. The van der Waals surface area contributed by atoms with Crippen LogP contribution in [0.4, 0.5) is 5.69 Å². The summed E-state index contributed by atoms with van der Waals surface area (Å²) in [5.41, 5.74) is 7.47. The molecule has 0 spiro atoms. The van der Waals surface area contributed by atoms with Gasteiger partial charge in [-0.05, 0) is 55.2 Å². The predicted octanol–water partition coefficient (Wildman–Crippen LogP) is 3.93. The maximum Gasteiger partial charge on any atom is 0.112 e. The third-order valence-corrected chi connectivity index (χ3v) is 4.52. The Morgan fingerprint density at radius 2 is 1.90 bits per heavy atom. The van der Waals surface area contributed by atoms with Crippen molar-refractivity contribution in [3.05, 3.63) is 58.9 Å². The number of nitrogens with zero attached hydrogens (tertiary/aromatic N) is 1. The number of H-pyrrole nitrogens is 1. The van der Waals surface area contributed by atoms with Crippen LogP contribution in [0.5, 0.6) is 0 Å². The molecular weight excluding hydrogens is 258 g/mol. The zero-order valence-corrected chi connectivity index (χ0v) is 12.4. The number of rotatable bonds is 1. The molecule has 1 atom stereocenters. The average Bonchev–Trinajstić information content (AvgIpc) is 2.90. The topological polar surface area (TPSA) is 40.7 Å². The second kappa shape index (κ2) is 4.62. The van der Waals surface area contributed by atoms with E-state index in [0.717, 1.165) is 29.8 Å². The zero-order valence-electron chi connectivity index (χ0n) is 12.4. The molecule has 3 aromatic rings. The monoisotopic (exact) mass is 277 g/mol. The van der Waals surface area contributed by atoms with Crippen LogP contribution in [0.25, 0.3) is 11.0 Å². The fourth-order valence-corrected chi connectivity index (χ4v) is 3.12. The Balaban J connectivity index is 1.71. The number of benzene rings is 2. The van der Waals surface area contributed by atoms with Gasteiger partial charge in [0.25, 0.3) is 0 Å². The van der Waals surface area contributed by atoms with Gasteiger partial charge in [-0.15, -0.1) is 0 Å². The Hall–Kier alpha value is -2.29. The van der Waals surface area contributed by atoms with Crippen LogP contribution in [0, 0.1) is 13.8 Å². The Kier molecular flexibility index (Phi) is 2.74. The van der Waals surface area contributed by atoms with E-state index in [2.05, 4.69) is 60.5 Å². The smallest absolute Gasteiger partial charge is 0.112 e. The first-order chi connectivity index (χ1) is 10.2. The van der Waals surface area contributed by atoms with Gasteiger partial charge in [-0.25, -0.2) is 4.98 Å². The largest absolute Gasteiger partial charge is 0.384 e. The molecule has 106 valence electrons. The van der Waals surface area contributed by atoms with Gasteiger partial charge in [-0.1, -0.05) is 18.2 Å². The predicted molar refractivity (Wildman–Crippen MR) is 86.9 cm³/mol. The Morgan fingerprint density at radius 1 is 1.10 bits per heavy atom. The van der Waals surface area contributed by atoms with Crippen molar-refractivity contribution in [3.63, 3.8) is 0 Å². The van der Waals surface area contributed by atoms with Gasteiger partial charge in [0.2, 0.25) is 0 Å². The van der Waals surface area contributed by atoms with E-state index in [0.29, 0.717) is 5.92 Å². The quantitative estimate of drug-likeness (QED) is 0.707. The maximum atomic E-state index is 4.82. The SMILES string of the molecule is Cc1cc2nc(C3CNc4ccccc4C3)[nH]c2cc1C. The molecule has 1 aliphatic rings. The molecule has 3 nitrogen and oxygen atoms in total. The number of aromatic amines is 1. The lowest BCUT2D eigenvalue weighted by Gasteiger charge is -2.24. The van der Waals surface area contributed by atoms with Crippen molar-refractivity contribution in [3.8, 4) is 0 Å². The highest BCUT2D eigenvalue weighted by molar-refractivity contribution is 5.77. The number of fused-ring (bicyclic) bond motifs is 2. The molecule has 3 heteroatoms. The zero-order chi connectivity index (χ0) is 14.4. The van der Waals surface area contributed by atoms with E-state index in [1.807, 2.05) is 0 Å². The van der Waals surface area contributed by atoms with Gasteiger partial charge in [0.15, 0.2) is 0 Å². The van der Waals surface area contributed by atoms with Gasteiger partial charge in [-0.3, -0.25) is 0 Å². The third-order valence-electron chi connectivity index (χ3n) is 4.52. The summed E-state index contributed by atoms with van der Waals surface area (Å²) in [6.45, 7) is 5.23. The van der Waals surface area contributed by atoms with Crippen LogP contribution in [0.2, 0.25) is 0 Å². The molecule has 0 bridgehead atoms. The van der Waals surface area contributed by atoms with Gasteiger partial charge < -0.3 is 10.3 Å². The van der Waals surface area contributed by atoms with E-state index < -0.39 is 0 Å². The van der Waals surface area contributed by atoms with Crippen LogP contribution in [0.3, 0.4) is 0 Å². The van der Waals surface area contributed by atoms with Crippen molar-refractivity contribution in [1.82, 2.24) is 9.97 Å². The molecule has 4 rings (SSSR count). The molecular formula is C18H19N3. The first kappa shape index (κ1) is 12.5. The number of anilines is 1. The van der Waals surface area contributed by atoms with Crippen molar-refractivity contribution < 1.29 is 0 Å². The minimum Gasteiger partial charge on any atom is -0.384 e. The van der Waals surface area contributed by atoms with Crippen molar-refractivity contribution in [1.29, 1.82) is 0 Å². The normalized spacial score (nSPS) is 17.5. The molecule has 1 aromatic heterocycles. The molecule has 1 aliphatic heterocycles. The van der Waals surface area contributed by atoms with E-state index in [1.165, 1.54) is 22.4 Å². The summed E-state index contributed by atoms with van der Waals surface area (Å²) >= 11 is 0. The molecule has 0 radical (unpaired) electrons. The van der Waals surface area contributed by atoms with Gasteiger partial charge >= 0.3 is 0 Å². The highest BCUT2D eigenvalue weighted by atomic mass is 15.0. The van der Waals surface area contributed by atoms with Crippen LogP contribution in [-0.2, 0) is 6.42 Å². The van der Waals surface area contributed by atoms with E-state index in [-0.39, 0.29) is 0 Å². The molecule has 0 saturated carbocycles. The lowest BCUT2D eigenvalue weighted by Crippen LogP contribution is -2.22. The Morgan fingerprint density at radius 3 is 2.81 bits per heavy atom. The highest BCUT2D eigenvalue weighted by Crippen LogP contribution is 2.30. The minimum absolute atomic E-state index is 0.410. The van der Waals surface area contributed by atoms with Crippen LogP contribution >= 0.6 is 0 Å². The molecule has 2 aromatic carbocycles. The van der Waals surface area contributed by atoms with Crippen molar-refractivity contribution >= 4 is 16.7 Å². The molecule has 0 aliphatic carbocycles. The first-order valence-corrected chi connectivity index (χ1v) is 7.49. The molecule has 21 heavy (non-hydrogen) atoms. The first-order valence-electron chi connectivity index (χ1n) is 7.49. The minimum atomic E-state index is 0.410. The standard InChI is InChI=1S/C18H19N3/c1-11-7-16-17(8-12(11)2)21-18(20-16)14-9-13-5-3-4-6-15(13)19-10-14/h3-8,14,19H,9-10H2,1-2H3,(H,20,21). The number of imidazole rings is 1. The number of hydrogen-bond donors (Lipinski definition) is 2. The van der Waals surface area contributed by atoms with Crippen molar-refractivity contribution in [2.24, 2.45) is 0 Å². The summed E-state index contributed by atoms with van der Waals surface area (Å²) < 4.78 is 0. The molecule has 2 N–H and O–H groups in total. The number of nitrogens with one attached hydrogen (secondary N) is 2. The highest BCUT2D eigenvalue weighted by Gasteiger charge is 2.22. The van der Waals surface area contributed by atoms with Crippen LogP contribution < -0.4 is 5.32 Å². The van der Waals surface area contributed by atoms with Gasteiger partial charge in [-0.2, -0.15) is 0 Å². The van der Waals surface area contributed by atoms with Crippen molar-refractivity contribution in [2.75, 3.05) is 11.9 Å². The molecule has 2 heterocycles. The third kappa shape index (κ3) is 2.09. The molecule has 0 amide bonds. The lowest BCUT2D eigenvalue weighted by atomic mass is 9.93. The Bertz CT molecular complexity index is 777. The van der Waals surface area contributed by atoms with E-state index in [9.17, 15) is 0 Å².